The standard InChI is InChI=1S/C27H31ClN2O3/c1-32-25-9-4-6-21-22(27(31)19-10-11-19)18-30(26(21)25)15-5-14-29-16-12-20(13-17-29)33-24-8-3-2-7-23(24)28/h2-4,6-9,18-20H,5,10-17H2,1H3. The third-order valence-corrected chi connectivity index (χ3v) is 7.15. The highest BCUT2D eigenvalue weighted by atomic mass is 35.5. The van der Waals surface area contributed by atoms with Crippen LogP contribution >= 0.6 is 11.6 Å². The minimum absolute atomic E-state index is 0.213. The fourth-order valence-corrected chi connectivity index (χ4v) is 5.04. The Morgan fingerprint density at radius 1 is 1.00 bits per heavy atom. The van der Waals surface area contributed by atoms with Gasteiger partial charge in [0, 0.05) is 42.7 Å². The lowest BCUT2D eigenvalue weighted by atomic mass is 10.1. The minimum Gasteiger partial charge on any atom is -0.495 e. The molecule has 1 aliphatic carbocycles. The molecule has 3 aromatic rings. The highest BCUT2D eigenvalue weighted by Gasteiger charge is 2.32. The molecule has 2 aliphatic rings. The van der Waals surface area contributed by atoms with Crippen LogP contribution < -0.4 is 9.47 Å². The first kappa shape index (κ1) is 22.3. The Labute approximate surface area is 200 Å². The monoisotopic (exact) mass is 466 g/mol. The van der Waals surface area contributed by atoms with Crippen LogP contribution in [0.5, 0.6) is 11.5 Å². The summed E-state index contributed by atoms with van der Waals surface area (Å²) in [4.78, 5) is 15.4. The van der Waals surface area contributed by atoms with Gasteiger partial charge in [0.1, 0.15) is 17.6 Å². The number of ether oxygens (including phenoxy) is 2. The van der Waals surface area contributed by atoms with Gasteiger partial charge in [0.2, 0.25) is 0 Å². The van der Waals surface area contributed by atoms with Gasteiger partial charge in [-0.2, -0.15) is 0 Å². The number of carbonyl (C=O) groups excluding carboxylic acids is 1. The van der Waals surface area contributed by atoms with Crippen molar-refractivity contribution in [3.8, 4) is 11.5 Å². The quantitative estimate of drug-likeness (QED) is 0.372. The van der Waals surface area contributed by atoms with Crippen LogP contribution in [-0.2, 0) is 6.54 Å². The number of piperidine rings is 1. The van der Waals surface area contributed by atoms with Gasteiger partial charge in [-0.05, 0) is 56.8 Å². The van der Waals surface area contributed by atoms with E-state index in [2.05, 4.69) is 15.7 Å². The number of carbonyl (C=O) groups is 1. The first-order valence-electron chi connectivity index (χ1n) is 12.0. The fraction of sp³-hybridized carbons (Fsp3) is 0.444. The van der Waals surface area contributed by atoms with Crippen molar-refractivity contribution in [2.75, 3.05) is 26.7 Å². The molecular weight excluding hydrogens is 436 g/mol. The van der Waals surface area contributed by atoms with Crippen LogP contribution in [0.25, 0.3) is 10.9 Å². The molecule has 0 bridgehead atoms. The molecule has 6 heteroatoms. The third kappa shape index (κ3) is 4.90. The van der Waals surface area contributed by atoms with E-state index in [0.717, 1.165) is 86.2 Å². The largest absolute Gasteiger partial charge is 0.495 e. The Morgan fingerprint density at radius 3 is 2.48 bits per heavy atom. The molecule has 5 nitrogen and oxygen atoms in total. The van der Waals surface area contributed by atoms with Crippen LogP contribution in [0, 0.1) is 5.92 Å². The topological polar surface area (TPSA) is 43.7 Å². The number of ketones is 1. The lowest BCUT2D eigenvalue weighted by Crippen LogP contribution is -2.39. The Morgan fingerprint density at radius 2 is 1.76 bits per heavy atom. The molecule has 1 saturated heterocycles. The molecule has 0 atom stereocenters. The molecular formula is C27H31ClN2O3. The molecule has 2 fully saturated rings. The highest BCUT2D eigenvalue weighted by molar-refractivity contribution is 6.32. The van der Waals surface area contributed by atoms with E-state index in [1.54, 1.807) is 7.11 Å². The Bertz CT molecular complexity index is 1130. The molecule has 0 radical (unpaired) electrons. The predicted octanol–water partition coefficient (Wildman–Crippen LogP) is 5.83. The lowest BCUT2D eigenvalue weighted by Gasteiger charge is -2.32. The molecule has 33 heavy (non-hydrogen) atoms. The predicted molar refractivity (Wildman–Crippen MR) is 132 cm³/mol. The molecule has 1 saturated carbocycles. The summed E-state index contributed by atoms with van der Waals surface area (Å²) in [7, 11) is 1.70. The van der Waals surface area contributed by atoms with E-state index in [0.29, 0.717) is 5.02 Å². The number of hydrogen-bond acceptors (Lipinski definition) is 4. The number of halogens is 1. The number of likely N-dealkylation sites (tertiary alicyclic amines) is 1. The number of aryl methyl sites for hydroxylation is 1. The van der Waals surface area contributed by atoms with Gasteiger partial charge in [0.15, 0.2) is 5.78 Å². The van der Waals surface area contributed by atoms with E-state index in [1.807, 2.05) is 42.5 Å². The van der Waals surface area contributed by atoms with Crippen molar-refractivity contribution in [2.45, 2.75) is 44.8 Å². The maximum Gasteiger partial charge on any atom is 0.168 e. The van der Waals surface area contributed by atoms with Gasteiger partial charge in [-0.3, -0.25) is 4.79 Å². The number of methoxy groups -OCH3 is 1. The van der Waals surface area contributed by atoms with Gasteiger partial charge < -0.3 is 18.9 Å². The first-order chi connectivity index (χ1) is 16.1. The van der Waals surface area contributed by atoms with Gasteiger partial charge in [-0.25, -0.2) is 0 Å². The zero-order valence-electron chi connectivity index (χ0n) is 19.1. The highest BCUT2D eigenvalue weighted by Crippen LogP contribution is 2.37. The SMILES string of the molecule is COc1cccc2c(C(=O)C3CC3)cn(CCCN3CCC(Oc4ccccc4Cl)CC3)c12. The van der Waals surface area contributed by atoms with Crippen LogP contribution in [0.1, 0.15) is 42.5 Å². The second-order valence-corrected chi connectivity index (χ2v) is 9.58. The average Bonchev–Trinajstić information content (AvgIpc) is 3.63. The van der Waals surface area contributed by atoms with Crippen LogP contribution in [0.3, 0.4) is 0 Å². The van der Waals surface area contributed by atoms with Crippen LogP contribution in [0.15, 0.2) is 48.7 Å². The Kier molecular flexibility index (Phi) is 6.61. The number of benzene rings is 2. The van der Waals surface area contributed by atoms with Crippen molar-refractivity contribution in [3.63, 3.8) is 0 Å². The number of nitrogens with zero attached hydrogens (tertiary/aromatic N) is 2. The van der Waals surface area contributed by atoms with Crippen molar-refractivity contribution < 1.29 is 14.3 Å². The second-order valence-electron chi connectivity index (χ2n) is 9.17. The summed E-state index contributed by atoms with van der Waals surface area (Å²) >= 11 is 6.24. The molecule has 0 amide bonds. The molecule has 1 aromatic heterocycles. The van der Waals surface area contributed by atoms with Gasteiger partial charge in [0.05, 0.1) is 17.6 Å². The molecule has 2 aromatic carbocycles. The van der Waals surface area contributed by atoms with Gasteiger partial charge >= 0.3 is 0 Å². The van der Waals surface area contributed by atoms with Crippen molar-refractivity contribution in [1.82, 2.24) is 9.47 Å². The van der Waals surface area contributed by atoms with E-state index in [4.69, 9.17) is 21.1 Å². The lowest BCUT2D eigenvalue weighted by molar-refractivity contribution is 0.0969. The maximum absolute atomic E-state index is 12.9. The summed E-state index contributed by atoms with van der Waals surface area (Å²) in [5.41, 5.74) is 1.89. The smallest absolute Gasteiger partial charge is 0.168 e. The molecule has 1 aliphatic heterocycles. The van der Waals surface area contributed by atoms with E-state index >= 15 is 0 Å². The maximum atomic E-state index is 12.9. The molecule has 174 valence electrons. The number of para-hydroxylation sites is 2. The Balaban J connectivity index is 1.19. The summed E-state index contributed by atoms with van der Waals surface area (Å²) < 4.78 is 14.0. The van der Waals surface area contributed by atoms with Crippen LogP contribution in [0.4, 0.5) is 0 Å². The summed E-state index contributed by atoms with van der Waals surface area (Å²) in [5.74, 6) is 2.11. The van der Waals surface area contributed by atoms with Crippen molar-refractivity contribution >= 4 is 28.3 Å². The fourth-order valence-electron chi connectivity index (χ4n) is 4.86. The summed E-state index contributed by atoms with van der Waals surface area (Å²) in [6.45, 7) is 3.94. The zero-order valence-corrected chi connectivity index (χ0v) is 19.9. The number of fused-ring (bicyclic) bond motifs is 1. The number of hydrogen-bond donors (Lipinski definition) is 0. The van der Waals surface area contributed by atoms with Crippen molar-refractivity contribution in [3.05, 3.63) is 59.2 Å². The van der Waals surface area contributed by atoms with Crippen molar-refractivity contribution in [2.24, 2.45) is 5.92 Å². The van der Waals surface area contributed by atoms with Gasteiger partial charge in [-0.15, -0.1) is 0 Å². The van der Waals surface area contributed by atoms with E-state index in [-0.39, 0.29) is 17.8 Å². The van der Waals surface area contributed by atoms with E-state index in [9.17, 15) is 4.79 Å². The van der Waals surface area contributed by atoms with Gasteiger partial charge in [0.25, 0.3) is 0 Å². The molecule has 5 rings (SSSR count). The first-order valence-corrected chi connectivity index (χ1v) is 12.4. The van der Waals surface area contributed by atoms with E-state index in [1.165, 1.54) is 0 Å². The second kappa shape index (κ2) is 9.78. The van der Waals surface area contributed by atoms with Crippen molar-refractivity contribution in [1.29, 1.82) is 0 Å². The van der Waals surface area contributed by atoms with Crippen LogP contribution in [0.2, 0.25) is 5.02 Å². The molecule has 0 spiro atoms. The van der Waals surface area contributed by atoms with Gasteiger partial charge in [-0.1, -0.05) is 35.9 Å². The Hall–Kier alpha value is -2.50. The molecule has 0 unspecified atom stereocenters. The average molecular weight is 467 g/mol. The molecule has 0 N–H and O–H groups in total. The van der Waals surface area contributed by atoms with Crippen LogP contribution in [-0.4, -0.2) is 48.1 Å². The normalized spacial score (nSPS) is 17.4. The summed E-state index contributed by atoms with van der Waals surface area (Å²) in [6, 6.07) is 13.7. The zero-order chi connectivity index (χ0) is 22.8. The third-order valence-electron chi connectivity index (χ3n) is 6.83. The summed E-state index contributed by atoms with van der Waals surface area (Å²) in [6.07, 6.45) is 7.34. The molecule has 2 heterocycles. The number of rotatable bonds is 9. The van der Waals surface area contributed by atoms with E-state index < -0.39 is 0 Å². The minimum atomic E-state index is 0.213. The number of Topliss-reactive ketones (excluding diaryl/α,β-unsaturated/α-hetero) is 1. The summed E-state index contributed by atoms with van der Waals surface area (Å²) in [5, 5.41) is 1.69. The number of aromatic nitrogens is 1.